The average Bonchev–Trinajstić information content (AvgIpc) is 2.65. The molecule has 0 aliphatic heterocycles. The van der Waals surface area contributed by atoms with Gasteiger partial charge in [0.2, 0.25) is 11.8 Å². The van der Waals surface area contributed by atoms with Crippen LogP contribution < -0.4 is 5.32 Å². The van der Waals surface area contributed by atoms with E-state index in [0.29, 0.717) is 16.3 Å². The SMILES string of the molecule is Cc1ccc(NC(=O)CN(C)C(=O)[C@H](C)N(C)Cc2c(F)cccc2Cl)cc1. The van der Waals surface area contributed by atoms with Crippen LogP contribution in [0.25, 0.3) is 0 Å². The number of rotatable bonds is 7. The van der Waals surface area contributed by atoms with Gasteiger partial charge in [0.05, 0.1) is 12.6 Å². The fourth-order valence-electron chi connectivity index (χ4n) is 2.71. The van der Waals surface area contributed by atoms with Crippen molar-refractivity contribution >= 4 is 29.1 Å². The van der Waals surface area contributed by atoms with E-state index >= 15 is 0 Å². The maximum atomic E-state index is 14.0. The number of hydrogen-bond acceptors (Lipinski definition) is 3. The lowest BCUT2D eigenvalue weighted by atomic mass is 10.1. The summed E-state index contributed by atoms with van der Waals surface area (Å²) in [6.07, 6.45) is 0. The standard InChI is InChI=1S/C21H25ClFN3O2/c1-14-8-10-16(11-9-14)24-20(27)13-26(4)21(28)15(2)25(3)12-17-18(22)6-5-7-19(17)23/h5-11,15H,12-13H2,1-4H3,(H,24,27)/t15-/m0/s1. The van der Waals surface area contributed by atoms with Crippen LogP contribution in [0.4, 0.5) is 10.1 Å². The fourth-order valence-corrected chi connectivity index (χ4v) is 2.93. The summed E-state index contributed by atoms with van der Waals surface area (Å²) in [6, 6.07) is 11.4. The number of hydrogen-bond donors (Lipinski definition) is 1. The molecule has 0 aliphatic carbocycles. The van der Waals surface area contributed by atoms with Gasteiger partial charge in [-0.3, -0.25) is 14.5 Å². The molecule has 0 saturated carbocycles. The number of halogens is 2. The largest absolute Gasteiger partial charge is 0.335 e. The quantitative estimate of drug-likeness (QED) is 0.764. The van der Waals surface area contributed by atoms with Gasteiger partial charge >= 0.3 is 0 Å². The average molecular weight is 406 g/mol. The molecule has 1 atom stereocenters. The number of carbonyl (C=O) groups excluding carboxylic acids is 2. The number of carbonyl (C=O) groups is 2. The lowest BCUT2D eigenvalue weighted by molar-refractivity contribution is -0.137. The number of nitrogens with one attached hydrogen (secondary N) is 1. The molecule has 28 heavy (non-hydrogen) atoms. The first-order valence-electron chi connectivity index (χ1n) is 8.93. The van der Waals surface area contributed by atoms with Crippen LogP contribution in [-0.2, 0) is 16.1 Å². The van der Waals surface area contributed by atoms with Crippen LogP contribution in [0.1, 0.15) is 18.1 Å². The maximum Gasteiger partial charge on any atom is 0.243 e. The van der Waals surface area contributed by atoms with Gasteiger partial charge in [0.15, 0.2) is 0 Å². The molecule has 0 aromatic heterocycles. The molecule has 0 spiro atoms. The Morgan fingerprint density at radius 1 is 1.14 bits per heavy atom. The van der Waals surface area contributed by atoms with Crippen LogP contribution in [0, 0.1) is 12.7 Å². The van der Waals surface area contributed by atoms with Crippen LogP contribution in [0.5, 0.6) is 0 Å². The second-order valence-electron chi connectivity index (χ2n) is 6.90. The Balaban J connectivity index is 1.93. The molecule has 0 bridgehead atoms. The minimum Gasteiger partial charge on any atom is -0.335 e. The van der Waals surface area contributed by atoms with Crippen molar-refractivity contribution in [3.05, 3.63) is 64.4 Å². The first-order valence-corrected chi connectivity index (χ1v) is 9.31. The van der Waals surface area contributed by atoms with Crippen molar-refractivity contribution in [1.82, 2.24) is 9.80 Å². The van der Waals surface area contributed by atoms with Gasteiger partial charge in [-0.25, -0.2) is 4.39 Å². The topological polar surface area (TPSA) is 52.7 Å². The molecule has 0 aliphatic rings. The van der Waals surface area contributed by atoms with Crippen molar-refractivity contribution in [2.75, 3.05) is 26.0 Å². The summed E-state index contributed by atoms with van der Waals surface area (Å²) in [6.45, 7) is 3.78. The molecule has 1 N–H and O–H groups in total. The lowest BCUT2D eigenvalue weighted by Gasteiger charge is -2.28. The number of aryl methyl sites for hydroxylation is 1. The summed E-state index contributed by atoms with van der Waals surface area (Å²) in [5.41, 5.74) is 2.11. The van der Waals surface area contributed by atoms with Gasteiger partial charge in [0.1, 0.15) is 5.82 Å². The third-order valence-corrected chi connectivity index (χ3v) is 4.93. The molecule has 0 heterocycles. The molecule has 2 aromatic rings. The smallest absolute Gasteiger partial charge is 0.243 e. The van der Waals surface area contributed by atoms with E-state index in [1.807, 2.05) is 31.2 Å². The van der Waals surface area contributed by atoms with Gasteiger partial charge in [-0.05, 0) is 45.2 Å². The number of anilines is 1. The van der Waals surface area contributed by atoms with Crippen LogP contribution >= 0.6 is 11.6 Å². The zero-order valence-corrected chi connectivity index (χ0v) is 17.3. The molecule has 0 saturated heterocycles. The van der Waals surface area contributed by atoms with Crippen LogP contribution in [0.15, 0.2) is 42.5 Å². The van der Waals surface area contributed by atoms with E-state index in [2.05, 4.69) is 5.32 Å². The first-order chi connectivity index (χ1) is 13.2. The molecule has 7 heteroatoms. The van der Waals surface area contributed by atoms with Gasteiger partial charge in [0, 0.05) is 29.9 Å². The summed E-state index contributed by atoms with van der Waals surface area (Å²) < 4.78 is 14.0. The molecule has 0 unspecified atom stereocenters. The fraction of sp³-hybridized carbons (Fsp3) is 0.333. The van der Waals surface area contributed by atoms with Crippen LogP contribution in [0.3, 0.4) is 0 Å². The van der Waals surface area contributed by atoms with Gasteiger partial charge in [-0.15, -0.1) is 0 Å². The van der Waals surface area contributed by atoms with E-state index < -0.39 is 11.9 Å². The van der Waals surface area contributed by atoms with E-state index in [4.69, 9.17) is 11.6 Å². The molecule has 0 radical (unpaired) electrons. The van der Waals surface area contributed by atoms with Crippen molar-refractivity contribution in [1.29, 1.82) is 0 Å². The van der Waals surface area contributed by atoms with Crippen molar-refractivity contribution in [2.45, 2.75) is 26.4 Å². The zero-order valence-electron chi connectivity index (χ0n) is 16.5. The summed E-state index contributed by atoms with van der Waals surface area (Å²) >= 11 is 6.06. The van der Waals surface area contributed by atoms with Crippen molar-refractivity contribution in [3.8, 4) is 0 Å². The maximum absolute atomic E-state index is 14.0. The molecule has 2 amide bonds. The second kappa shape index (κ2) is 9.66. The van der Waals surface area contributed by atoms with Gasteiger partial charge in [0.25, 0.3) is 0 Å². The van der Waals surface area contributed by atoms with E-state index in [-0.39, 0.29) is 24.9 Å². The molecular weight excluding hydrogens is 381 g/mol. The molecule has 2 rings (SSSR count). The molecule has 0 fully saturated rings. The first kappa shape index (κ1) is 21.9. The third-order valence-electron chi connectivity index (χ3n) is 4.58. The van der Waals surface area contributed by atoms with E-state index in [1.165, 1.54) is 17.0 Å². The Bertz CT molecular complexity index is 822. The highest BCUT2D eigenvalue weighted by Crippen LogP contribution is 2.21. The third kappa shape index (κ3) is 5.78. The monoisotopic (exact) mass is 405 g/mol. The number of benzene rings is 2. The summed E-state index contributed by atoms with van der Waals surface area (Å²) in [5, 5.41) is 3.08. The Labute approximate surface area is 170 Å². The van der Waals surface area contributed by atoms with Crippen molar-refractivity contribution < 1.29 is 14.0 Å². The predicted octanol–water partition coefficient (Wildman–Crippen LogP) is 3.70. The van der Waals surface area contributed by atoms with Gasteiger partial charge < -0.3 is 10.2 Å². The Hall–Kier alpha value is -2.44. The Kier molecular flexibility index (Phi) is 7.54. The highest BCUT2D eigenvalue weighted by atomic mass is 35.5. The molecular formula is C21H25ClFN3O2. The Morgan fingerprint density at radius 2 is 1.79 bits per heavy atom. The Morgan fingerprint density at radius 3 is 2.39 bits per heavy atom. The van der Waals surface area contributed by atoms with Crippen molar-refractivity contribution in [3.63, 3.8) is 0 Å². The summed E-state index contributed by atoms with van der Waals surface area (Å²) in [5.74, 6) is -0.939. The predicted molar refractivity (Wildman–Crippen MR) is 110 cm³/mol. The molecule has 2 aromatic carbocycles. The van der Waals surface area contributed by atoms with Crippen LogP contribution in [0.2, 0.25) is 5.02 Å². The highest BCUT2D eigenvalue weighted by Gasteiger charge is 2.24. The van der Waals surface area contributed by atoms with E-state index in [9.17, 15) is 14.0 Å². The molecule has 150 valence electrons. The molecule has 5 nitrogen and oxygen atoms in total. The number of likely N-dealkylation sites (N-methyl/N-ethyl adjacent to an activating group) is 2. The summed E-state index contributed by atoms with van der Waals surface area (Å²) in [7, 11) is 3.28. The van der Waals surface area contributed by atoms with E-state index in [1.54, 1.807) is 32.0 Å². The van der Waals surface area contributed by atoms with Crippen LogP contribution in [-0.4, -0.2) is 48.3 Å². The lowest BCUT2D eigenvalue weighted by Crippen LogP contribution is -2.46. The van der Waals surface area contributed by atoms with Gasteiger partial charge in [-0.2, -0.15) is 0 Å². The normalized spacial score (nSPS) is 12.0. The second-order valence-corrected chi connectivity index (χ2v) is 7.31. The minimum absolute atomic E-state index is 0.0780. The highest BCUT2D eigenvalue weighted by molar-refractivity contribution is 6.31. The number of amides is 2. The zero-order chi connectivity index (χ0) is 20.8. The van der Waals surface area contributed by atoms with Gasteiger partial charge in [-0.1, -0.05) is 35.4 Å². The van der Waals surface area contributed by atoms with Crippen molar-refractivity contribution in [2.24, 2.45) is 0 Å². The summed E-state index contributed by atoms with van der Waals surface area (Å²) in [4.78, 5) is 27.9. The number of nitrogens with zero attached hydrogens (tertiary/aromatic N) is 2. The van der Waals surface area contributed by atoms with E-state index in [0.717, 1.165) is 5.56 Å². The minimum atomic E-state index is -0.548.